The average molecular weight is 153 g/mol. The van der Waals surface area contributed by atoms with Crippen molar-refractivity contribution in [3.8, 4) is 12.3 Å². The van der Waals surface area contributed by atoms with Gasteiger partial charge < -0.3 is 10.0 Å². The largest absolute Gasteiger partial charge is 0.392 e. The molecule has 0 bridgehead atoms. The molecule has 0 aromatic carbocycles. The maximum atomic E-state index is 9.50. The predicted molar refractivity (Wildman–Crippen MR) is 45.1 cm³/mol. The van der Waals surface area contributed by atoms with Crippen molar-refractivity contribution in [3.63, 3.8) is 0 Å². The van der Waals surface area contributed by atoms with Crippen LogP contribution in [-0.2, 0) is 0 Å². The Morgan fingerprint density at radius 3 is 3.00 bits per heavy atom. The van der Waals surface area contributed by atoms with E-state index in [1.165, 1.54) is 0 Å². The Bertz CT molecular complexity index is 161. The Morgan fingerprint density at radius 1 is 1.82 bits per heavy atom. The molecule has 0 aromatic heterocycles. The highest BCUT2D eigenvalue weighted by Gasteiger charge is 2.25. The summed E-state index contributed by atoms with van der Waals surface area (Å²) in [6, 6.07) is 0. The molecule has 62 valence electrons. The van der Waals surface area contributed by atoms with Crippen molar-refractivity contribution < 1.29 is 5.11 Å². The molecule has 0 aliphatic carbocycles. The summed E-state index contributed by atoms with van der Waals surface area (Å²) in [6.07, 6.45) is 6.40. The van der Waals surface area contributed by atoms with Crippen molar-refractivity contribution in [2.45, 2.75) is 18.9 Å². The second kappa shape index (κ2) is 3.75. The quantitative estimate of drug-likeness (QED) is 0.578. The molecule has 1 aliphatic heterocycles. The van der Waals surface area contributed by atoms with Crippen molar-refractivity contribution in [1.29, 1.82) is 0 Å². The van der Waals surface area contributed by atoms with E-state index in [1.807, 2.05) is 0 Å². The summed E-state index contributed by atoms with van der Waals surface area (Å²) >= 11 is 0. The fourth-order valence-electron chi connectivity index (χ4n) is 1.57. The van der Waals surface area contributed by atoms with E-state index in [4.69, 9.17) is 6.42 Å². The second-order valence-electron chi connectivity index (χ2n) is 3.29. The molecule has 1 aliphatic rings. The molecule has 0 amide bonds. The molecule has 1 N–H and O–H groups in total. The normalized spacial score (nSPS) is 28.3. The molecule has 2 atom stereocenters. The summed E-state index contributed by atoms with van der Waals surface area (Å²) in [5.74, 6) is 2.89. The highest BCUT2D eigenvalue weighted by Crippen LogP contribution is 2.19. The van der Waals surface area contributed by atoms with Gasteiger partial charge in [-0.05, 0) is 25.9 Å². The highest BCUT2D eigenvalue weighted by molar-refractivity contribution is 4.91. The van der Waals surface area contributed by atoms with Gasteiger partial charge in [-0.3, -0.25) is 0 Å². The molecule has 1 saturated heterocycles. The van der Waals surface area contributed by atoms with Crippen LogP contribution in [0.25, 0.3) is 0 Å². The number of hydrogen-bond donors (Lipinski definition) is 1. The molecule has 0 aromatic rings. The van der Waals surface area contributed by atoms with Crippen LogP contribution in [0.2, 0.25) is 0 Å². The van der Waals surface area contributed by atoms with Crippen molar-refractivity contribution in [2.24, 2.45) is 5.92 Å². The van der Waals surface area contributed by atoms with Gasteiger partial charge in [-0.2, -0.15) is 0 Å². The van der Waals surface area contributed by atoms with Crippen LogP contribution in [0.5, 0.6) is 0 Å². The molecular formula is C9H15NO. The lowest BCUT2D eigenvalue weighted by molar-refractivity contribution is 0.117. The van der Waals surface area contributed by atoms with E-state index in [0.29, 0.717) is 12.3 Å². The first-order chi connectivity index (χ1) is 5.24. The smallest absolute Gasteiger partial charge is 0.0690 e. The first-order valence-corrected chi connectivity index (χ1v) is 4.04. The van der Waals surface area contributed by atoms with Crippen LogP contribution in [0.15, 0.2) is 0 Å². The molecule has 2 unspecified atom stereocenters. The summed E-state index contributed by atoms with van der Waals surface area (Å²) in [6.45, 7) is 2.08. The van der Waals surface area contributed by atoms with Gasteiger partial charge >= 0.3 is 0 Å². The van der Waals surface area contributed by atoms with Gasteiger partial charge in [-0.15, -0.1) is 12.3 Å². The minimum absolute atomic E-state index is 0.287. The van der Waals surface area contributed by atoms with E-state index in [9.17, 15) is 5.11 Å². The molecule has 1 heterocycles. The lowest BCUT2D eigenvalue weighted by Gasteiger charge is -2.14. The second-order valence-corrected chi connectivity index (χ2v) is 3.29. The number of aliphatic hydroxyl groups excluding tert-OH is 1. The fourth-order valence-corrected chi connectivity index (χ4v) is 1.57. The monoisotopic (exact) mass is 153 g/mol. The summed E-state index contributed by atoms with van der Waals surface area (Å²) in [7, 11) is 2.07. The summed E-state index contributed by atoms with van der Waals surface area (Å²) < 4.78 is 0. The third kappa shape index (κ3) is 2.21. The SMILES string of the molecule is C#CCC(O)C1CCN(C)C1. The predicted octanol–water partition coefficient (Wildman–Crippen LogP) is 0.322. The number of terminal acetylenes is 1. The minimum Gasteiger partial charge on any atom is -0.392 e. The van der Waals surface area contributed by atoms with Crippen molar-refractivity contribution >= 4 is 0 Å². The van der Waals surface area contributed by atoms with Gasteiger partial charge in [-0.25, -0.2) is 0 Å². The first-order valence-electron chi connectivity index (χ1n) is 4.04. The molecular weight excluding hydrogens is 138 g/mol. The van der Waals surface area contributed by atoms with Gasteiger partial charge in [0.25, 0.3) is 0 Å². The fraction of sp³-hybridized carbons (Fsp3) is 0.778. The molecule has 2 heteroatoms. The standard InChI is InChI=1S/C9H15NO/c1-3-4-9(11)8-5-6-10(2)7-8/h1,8-9,11H,4-7H2,2H3. The van der Waals surface area contributed by atoms with Crippen molar-refractivity contribution in [3.05, 3.63) is 0 Å². The molecule has 0 saturated carbocycles. The van der Waals surface area contributed by atoms with Gasteiger partial charge in [0.2, 0.25) is 0 Å². The van der Waals surface area contributed by atoms with Crippen LogP contribution < -0.4 is 0 Å². The number of aliphatic hydroxyl groups is 1. The molecule has 1 fully saturated rings. The Kier molecular flexibility index (Phi) is 2.92. The Labute approximate surface area is 68.2 Å². The summed E-state index contributed by atoms with van der Waals surface area (Å²) in [5, 5.41) is 9.50. The molecule has 0 radical (unpaired) electrons. The van der Waals surface area contributed by atoms with E-state index in [0.717, 1.165) is 19.5 Å². The zero-order valence-corrected chi connectivity index (χ0v) is 6.95. The molecule has 1 rings (SSSR count). The summed E-state index contributed by atoms with van der Waals surface area (Å²) in [5.41, 5.74) is 0. The topological polar surface area (TPSA) is 23.5 Å². The van der Waals surface area contributed by atoms with E-state index in [1.54, 1.807) is 0 Å². The number of likely N-dealkylation sites (tertiary alicyclic amines) is 1. The van der Waals surface area contributed by atoms with Crippen LogP contribution in [0.3, 0.4) is 0 Å². The van der Waals surface area contributed by atoms with E-state index in [2.05, 4.69) is 17.9 Å². The average Bonchev–Trinajstić information content (AvgIpc) is 2.36. The zero-order chi connectivity index (χ0) is 8.27. The Hall–Kier alpha value is -0.520. The number of rotatable bonds is 2. The van der Waals surface area contributed by atoms with E-state index < -0.39 is 0 Å². The van der Waals surface area contributed by atoms with Gasteiger partial charge in [0, 0.05) is 13.0 Å². The Morgan fingerprint density at radius 2 is 2.55 bits per heavy atom. The van der Waals surface area contributed by atoms with Crippen molar-refractivity contribution in [2.75, 3.05) is 20.1 Å². The lowest BCUT2D eigenvalue weighted by Crippen LogP contribution is -2.23. The van der Waals surface area contributed by atoms with Crippen LogP contribution >= 0.6 is 0 Å². The maximum absolute atomic E-state index is 9.50. The van der Waals surface area contributed by atoms with Gasteiger partial charge in [0.1, 0.15) is 0 Å². The lowest BCUT2D eigenvalue weighted by atomic mass is 9.99. The number of nitrogens with zero attached hydrogens (tertiary/aromatic N) is 1. The van der Waals surface area contributed by atoms with Crippen LogP contribution in [-0.4, -0.2) is 36.2 Å². The van der Waals surface area contributed by atoms with Gasteiger partial charge in [0.05, 0.1) is 6.10 Å². The molecule has 11 heavy (non-hydrogen) atoms. The third-order valence-electron chi connectivity index (χ3n) is 2.30. The number of hydrogen-bond acceptors (Lipinski definition) is 2. The first kappa shape index (κ1) is 8.58. The van der Waals surface area contributed by atoms with Gasteiger partial charge in [-0.1, -0.05) is 0 Å². The van der Waals surface area contributed by atoms with Gasteiger partial charge in [0.15, 0.2) is 0 Å². The van der Waals surface area contributed by atoms with Crippen LogP contribution in [0.4, 0.5) is 0 Å². The van der Waals surface area contributed by atoms with E-state index >= 15 is 0 Å². The van der Waals surface area contributed by atoms with Crippen molar-refractivity contribution in [1.82, 2.24) is 4.90 Å². The van der Waals surface area contributed by atoms with Crippen LogP contribution in [0, 0.1) is 18.3 Å². The minimum atomic E-state index is -0.287. The zero-order valence-electron chi connectivity index (χ0n) is 6.95. The summed E-state index contributed by atoms with van der Waals surface area (Å²) in [4.78, 5) is 2.23. The Balaban J connectivity index is 2.32. The highest BCUT2D eigenvalue weighted by atomic mass is 16.3. The molecule has 2 nitrogen and oxygen atoms in total. The van der Waals surface area contributed by atoms with E-state index in [-0.39, 0.29) is 6.10 Å². The van der Waals surface area contributed by atoms with Crippen LogP contribution in [0.1, 0.15) is 12.8 Å². The maximum Gasteiger partial charge on any atom is 0.0690 e. The molecule has 0 spiro atoms. The third-order valence-corrected chi connectivity index (χ3v) is 2.30.